The number of H-pyrrole nitrogens is 1. The van der Waals surface area contributed by atoms with Gasteiger partial charge in [-0.3, -0.25) is 24.9 Å². The van der Waals surface area contributed by atoms with Crippen molar-refractivity contribution in [2.75, 3.05) is 14.1 Å². The molecule has 0 aliphatic rings. The van der Waals surface area contributed by atoms with Gasteiger partial charge in [-0.2, -0.15) is 0 Å². The molecule has 0 saturated carbocycles. The van der Waals surface area contributed by atoms with Crippen molar-refractivity contribution < 1.29 is 4.79 Å². The summed E-state index contributed by atoms with van der Waals surface area (Å²) in [5.74, 6) is -0.391. The number of hydrogen-bond acceptors (Lipinski definition) is 4. The summed E-state index contributed by atoms with van der Waals surface area (Å²) in [5, 5.41) is 4.47. The van der Waals surface area contributed by atoms with E-state index >= 15 is 0 Å². The Bertz CT molecular complexity index is 730. The van der Waals surface area contributed by atoms with Gasteiger partial charge in [0.25, 0.3) is 17.0 Å². The average molecular weight is 262 g/mol. The largest absolute Gasteiger partial charge is 0.288 e. The van der Waals surface area contributed by atoms with Crippen LogP contribution in [0.1, 0.15) is 0 Å². The lowest BCUT2D eigenvalue weighted by atomic mass is 10.2. The SMILES string of the molecule is CN(C)NC(=O)Cn1[nH]c(=O)c2ccccc2c1=O. The minimum absolute atomic E-state index is 0.239. The molecule has 0 spiro atoms. The molecule has 7 heteroatoms. The van der Waals surface area contributed by atoms with Gasteiger partial charge in [0.05, 0.1) is 10.8 Å². The van der Waals surface area contributed by atoms with Crippen LogP contribution in [0, 0.1) is 0 Å². The lowest BCUT2D eigenvalue weighted by Gasteiger charge is -2.12. The van der Waals surface area contributed by atoms with Gasteiger partial charge in [-0.1, -0.05) is 12.1 Å². The van der Waals surface area contributed by atoms with Crippen LogP contribution in [0.25, 0.3) is 10.8 Å². The molecule has 0 saturated heterocycles. The molecule has 1 heterocycles. The van der Waals surface area contributed by atoms with E-state index in [1.165, 1.54) is 5.01 Å². The molecule has 0 unspecified atom stereocenters. The number of rotatable bonds is 3. The molecule has 2 aromatic rings. The molecular weight excluding hydrogens is 248 g/mol. The third-order valence-electron chi connectivity index (χ3n) is 2.53. The number of aromatic amines is 1. The fourth-order valence-electron chi connectivity index (χ4n) is 1.79. The number of nitrogens with one attached hydrogen (secondary N) is 2. The number of nitrogens with zero attached hydrogens (tertiary/aromatic N) is 2. The van der Waals surface area contributed by atoms with Crippen molar-refractivity contribution in [2.24, 2.45) is 0 Å². The zero-order valence-corrected chi connectivity index (χ0v) is 10.6. The lowest BCUT2D eigenvalue weighted by molar-refractivity contribution is -0.125. The van der Waals surface area contributed by atoms with E-state index in [0.29, 0.717) is 10.8 Å². The average Bonchev–Trinajstić information content (AvgIpc) is 2.34. The summed E-state index contributed by atoms with van der Waals surface area (Å²) in [4.78, 5) is 35.5. The maximum Gasteiger partial charge on any atom is 0.273 e. The molecule has 0 aliphatic heterocycles. The van der Waals surface area contributed by atoms with Crippen LogP contribution in [0.4, 0.5) is 0 Å². The Kier molecular flexibility index (Phi) is 3.48. The molecule has 2 N–H and O–H groups in total. The van der Waals surface area contributed by atoms with Crippen molar-refractivity contribution in [1.29, 1.82) is 0 Å². The van der Waals surface area contributed by atoms with Crippen LogP contribution in [0.2, 0.25) is 0 Å². The number of benzene rings is 1. The van der Waals surface area contributed by atoms with Crippen LogP contribution in [-0.4, -0.2) is 34.8 Å². The van der Waals surface area contributed by atoms with Gasteiger partial charge in [-0.15, -0.1) is 0 Å². The van der Waals surface area contributed by atoms with E-state index in [1.807, 2.05) is 0 Å². The highest BCUT2D eigenvalue weighted by Gasteiger charge is 2.10. The molecule has 7 nitrogen and oxygen atoms in total. The van der Waals surface area contributed by atoms with Crippen molar-refractivity contribution in [3.05, 3.63) is 45.0 Å². The monoisotopic (exact) mass is 262 g/mol. The van der Waals surface area contributed by atoms with Gasteiger partial charge in [0, 0.05) is 14.1 Å². The molecule has 2 rings (SSSR count). The van der Waals surface area contributed by atoms with E-state index in [4.69, 9.17) is 0 Å². The molecule has 100 valence electrons. The Balaban J connectivity index is 2.46. The topological polar surface area (TPSA) is 87.2 Å². The third-order valence-corrected chi connectivity index (χ3v) is 2.53. The fourth-order valence-corrected chi connectivity index (χ4v) is 1.79. The van der Waals surface area contributed by atoms with E-state index in [-0.39, 0.29) is 6.54 Å². The predicted octanol–water partition coefficient (Wildman–Crippen LogP) is -0.717. The van der Waals surface area contributed by atoms with Gasteiger partial charge in [-0.25, -0.2) is 9.69 Å². The normalized spacial score (nSPS) is 10.9. The first-order valence-corrected chi connectivity index (χ1v) is 5.67. The summed E-state index contributed by atoms with van der Waals surface area (Å²) in [6.45, 7) is -0.239. The minimum atomic E-state index is -0.399. The van der Waals surface area contributed by atoms with Gasteiger partial charge in [-0.05, 0) is 12.1 Å². The second kappa shape index (κ2) is 5.07. The summed E-state index contributed by atoms with van der Waals surface area (Å²) in [6, 6.07) is 6.49. The number of carbonyl (C=O) groups is 1. The molecule has 19 heavy (non-hydrogen) atoms. The zero-order valence-electron chi connectivity index (χ0n) is 10.6. The van der Waals surface area contributed by atoms with Crippen molar-refractivity contribution in [1.82, 2.24) is 20.2 Å². The first kappa shape index (κ1) is 13.0. The fraction of sp³-hybridized carbons (Fsp3) is 0.250. The number of fused-ring (bicyclic) bond motifs is 1. The molecule has 1 aromatic heterocycles. The maximum atomic E-state index is 12.1. The minimum Gasteiger partial charge on any atom is -0.288 e. The van der Waals surface area contributed by atoms with Crippen molar-refractivity contribution in [2.45, 2.75) is 6.54 Å². The maximum absolute atomic E-state index is 12.1. The number of aromatic nitrogens is 2. The quantitative estimate of drug-likeness (QED) is 0.715. The Morgan fingerprint density at radius 3 is 2.53 bits per heavy atom. The summed E-state index contributed by atoms with van der Waals surface area (Å²) in [6.07, 6.45) is 0. The molecule has 1 amide bonds. The van der Waals surface area contributed by atoms with Crippen molar-refractivity contribution in [3.8, 4) is 0 Å². The van der Waals surface area contributed by atoms with Crippen LogP contribution in [0.3, 0.4) is 0 Å². The van der Waals surface area contributed by atoms with E-state index in [9.17, 15) is 14.4 Å². The number of carbonyl (C=O) groups excluding carboxylic acids is 1. The first-order valence-electron chi connectivity index (χ1n) is 5.67. The molecular formula is C12H14N4O3. The Hall–Kier alpha value is -2.41. The van der Waals surface area contributed by atoms with Crippen LogP contribution in [-0.2, 0) is 11.3 Å². The van der Waals surface area contributed by atoms with E-state index in [1.54, 1.807) is 38.4 Å². The smallest absolute Gasteiger partial charge is 0.273 e. The van der Waals surface area contributed by atoms with Gasteiger partial charge >= 0.3 is 0 Å². The number of hydrazine groups is 1. The molecule has 1 aromatic carbocycles. The highest BCUT2D eigenvalue weighted by atomic mass is 16.2. The highest BCUT2D eigenvalue weighted by Crippen LogP contribution is 2.02. The Morgan fingerprint density at radius 2 is 1.89 bits per heavy atom. The zero-order chi connectivity index (χ0) is 14.0. The molecule has 0 aliphatic carbocycles. The van der Waals surface area contributed by atoms with Gasteiger partial charge < -0.3 is 0 Å². The molecule has 0 bridgehead atoms. The Morgan fingerprint density at radius 1 is 1.26 bits per heavy atom. The molecule has 0 atom stereocenters. The summed E-state index contributed by atoms with van der Waals surface area (Å²) in [5.41, 5.74) is 1.70. The Labute approximate surface area is 108 Å². The molecule has 0 fully saturated rings. The predicted molar refractivity (Wildman–Crippen MR) is 70.7 cm³/mol. The van der Waals surface area contributed by atoms with E-state index in [2.05, 4.69) is 10.5 Å². The van der Waals surface area contributed by atoms with Crippen molar-refractivity contribution in [3.63, 3.8) is 0 Å². The van der Waals surface area contributed by atoms with Gasteiger partial charge in [0.15, 0.2) is 0 Å². The summed E-state index contributed by atoms with van der Waals surface area (Å²) >= 11 is 0. The first-order chi connectivity index (χ1) is 8.99. The highest BCUT2D eigenvalue weighted by molar-refractivity contribution is 5.81. The van der Waals surface area contributed by atoms with Gasteiger partial charge in [0.1, 0.15) is 6.54 Å². The standard InChI is InChI=1S/C12H14N4O3/c1-15(2)13-10(17)7-16-12(19)9-6-4-3-5-8(9)11(18)14-16/h3-6H,7H2,1-2H3,(H,13,17)(H,14,18). The second-order valence-electron chi connectivity index (χ2n) is 4.31. The lowest BCUT2D eigenvalue weighted by Crippen LogP contribution is -2.41. The summed E-state index contributed by atoms with van der Waals surface area (Å²) in [7, 11) is 3.31. The third kappa shape index (κ3) is 2.71. The summed E-state index contributed by atoms with van der Waals surface area (Å²) < 4.78 is 1.00. The van der Waals surface area contributed by atoms with Gasteiger partial charge in [0.2, 0.25) is 0 Å². The van der Waals surface area contributed by atoms with E-state index in [0.717, 1.165) is 4.68 Å². The van der Waals surface area contributed by atoms with Crippen molar-refractivity contribution >= 4 is 16.7 Å². The van der Waals surface area contributed by atoms with Crippen LogP contribution >= 0.6 is 0 Å². The van der Waals surface area contributed by atoms with Crippen LogP contribution in [0.5, 0.6) is 0 Å². The van der Waals surface area contributed by atoms with E-state index < -0.39 is 17.0 Å². The van der Waals surface area contributed by atoms with Crippen LogP contribution < -0.4 is 16.5 Å². The number of hydrogen-bond donors (Lipinski definition) is 2. The number of amides is 1. The molecule has 0 radical (unpaired) electrons. The van der Waals surface area contributed by atoms with Crippen LogP contribution in [0.15, 0.2) is 33.9 Å². The second-order valence-corrected chi connectivity index (χ2v) is 4.31.